The molecule has 0 spiro atoms. The standard InChI is InChI=1S/C9H16O3/c1-7(2)4-5-12-9(11)8(3)6-10/h8,10H,1,4-6H2,2-3H3/t8-/m0/s1. The molecule has 0 radical (unpaired) electrons. The fourth-order valence-corrected chi connectivity index (χ4v) is 0.543. The minimum atomic E-state index is -0.421. The Hall–Kier alpha value is -0.830. The predicted octanol–water partition coefficient (Wildman–Crippen LogP) is 1.12. The van der Waals surface area contributed by atoms with Gasteiger partial charge in [-0.3, -0.25) is 4.79 Å². The van der Waals surface area contributed by atoms with Crippen LogP contribution in [0.3, 0.4) is 0 Å². The molecule has 0 aromatic carbocycles. The molecule has 0 saturated heterocycles. The Bertz CT molecular complexity index is 163. The predicted molar refractivity (Wildman–Crippen MR) is 46.6 cm³/mol. The zero-order valence-electron chi connectivity index (χ0n) is 7.67. The van der Waals surface area contributed by atoms with Gasteiger partial charge in [0.1, 0.15) is 0 Å². The highest BCUT2D eigenvalue weighted by Crippen LogP contribution is 2.00. The van der Waals surface area contributed by atoms with Gasteiger partial charge in [-0.05, 0) is 13.8 Å². The van der Waals surface area contributed by atoms with Crippen molar-refractivity contribution in [1.29, 1.82) is 0 Å². The maximum Gasteiger partial charge on any atom is 0.310 e. The fourth-order valence-electron chi connectivity index (χ4n) is 0.543. The SMILES string of the molecule is C=C(C)CCOC(=O)[C@@H](C)CO. The van der Waals surface area contributed by atoms with Gasteiger partial charge in [0.05, 0.1) is 19.1 Å². The topological polar surface area (TPSA) is 46.5 Å². The van der Waals surface area contributed by atoms with Gasteiger partial charge in [0.25, 0.3) is 0 Å². The van der Waals surface area contributed by atoms with Gasteiger partial charge in [0.15, 0.2) is 0 Å². The van der Waals surface area contributed by atoms with Crippen LogP contribution in [0.5, 0.6) is 0 Å². The zero-order valence-corrected chi connectivity index (χ0v) is 7.67. The fraction of sp³-hybridized carbons (Fsp3) is 0.667. The molecule has 70 valence electrons. The van der Waals surface area contributed by atoms with Gasteiger partial charge in [-0.2, -0.15) is 0 Å². The first-order chi connectivity index (χ1) is 5.57. The summed E-state index contributed by atoms with van der Waals surface area (Å²) < 4.78 is 4.85. The number of ether oxygens (including phenoxy) is 1. The van der Waals surface area contributed by atoms with E-state index in [1.807, 2.05) is 6.92 Å². The van der Waals surface area contributed by atoms with E-state index < -0.39 is 5.92 Å². The minimum absolute atomic E-state index is 0.161. The lowest BCUT2D eigenvalue weighted by atomic mass is 10.2. The van der Waals surface area contributed by atoms with Crippen molar-refractivity contribution in [3.05, 3.63) is 12.2 Å². The summed E-state index contributed by atoms with van der Waals surface area (Å²) >= 11 is 0. The second-order valence-corrected chi connectivity index (χ2v) is 2.96. The second-order valence-electron chi connectivity index (χ2n) is 2.96. The summed E-state index contributed by atoms with van der Waals surface area (Å²) in [6.07, 6.45) is 0.684. The van der Waals surface area contributed by atoms with Gasteiger partial charge in [-0.25, -0.2) is 0 Å². The van der Waals surface area contributed by atoms with Gasteiger partial charge >= 0.3 is 5.97 Å². The summed E-state index contributed by atoms with van der Waals surface area (Å²) in [6, 6.07) is 0. The molecule has 0 saturated carbocycles. The van der Waals surface area contributed by atoms with Crippen molar-refractivity contribution in [3.63, 3.8) is 0 Å². The molecule has 0 aliphatic carbocycles. The molecule has 3 nitrogen and oxygen atoms in total. The van der Waals surface area contributed by atoms with Crippen LogP contribution in [0.4, 0.5) is 0 Å². The minimum Gasteiger partial charge on any atom is -0.465 e. The summed E-state index contributed by atoms with van der Waals surface area (Å²) in [6.45, 7) is 7.38. The highest BCUT2D eigenvalue weighted by molar-refractivity contribution is 5.72. The van der Waals surface area contributed by atoms with Gasteiger partial charge in [-0.15, -0.1) is 6.58 Å². The highest BCUT2D eigenvalue weighted by Gasteiger charge is 2.11. The first kappa shape index (κ1) is 11.2. The zero-order chi connectivity index (χ0) is 9.56. The van der Waals surface area contributed by atoms with E-state index >= 15 is 0 Å². The lowest BCUT2D eigenvalue weighted by molar-refractivity contribution is -0.149. The van der Waals surface area contributed by atoms with Crippen molar-refractivity contribution in [2.24, 2.45) is 5.92 Å². The monoisotopic (exact) mass is 172 g/mol. The van der Waals surface area contributed by atoms with Crippen molar-refractivity contribution in [2.75, 3.05) is 13.2 Å². The molecule has 0 aliphatic rings. The number of carbonyl (C=O) groups is 1. The van der Waals surface area contributed by atoms with Gasteiger partial charge in [-0.1, -0.05) is 5.57 Å². The molecule has 0 unspecified atom stereocenters. The smallest absolute Gasteiger partial charge is 0.310 e. The number of aliphatic hydroxyl groups excluding tert-OH is 1. The molecule has 1 atom stereocenters. The Morgan fingerprint density at radius 1 is 1.67 bits per heavy atom. The van der Waals surface area contributed by atoms with Crippen molar-refractivity contribution in [2.45, 2.75) is 20.3 Å². The van der Waals surface area contributed by atoms with E-state index in [9.17, 15) is 4.79 Å². The Labute approximate surface area is 73.0 Å². The van der Waals surface area contributed by atoms with Gasteiger partial charge in [0, 0.05) is 6.42 Å². The Kier molecular flexibility index (Phi) is 5.37. The molecule has 0 rings (SSSR count). The molecule has 0 bridgehead atoms. The van der Waals surface area contributed by atoms with Crippen LogP contribution in [-0.4, -0.2) is 24.3 Å². The Morgan fingerprint density at radius 3 is 2.67 bits per heavy atom. The molecule has 0 heterocycles. The maximum absolute atomic E-state index is 10.9. The van der Waals surface area contributed by atoms with E-state index in [1.54, 1.807) is 6.92 Å². The van der Waals surface area contributed by atoms with Crippen molar-refractivity contribution >= 4 is 5.97 Å². The third-order valence-electron chi connectivity index (χ3n) is 1.45. The number of esters is 1. The van der Waals surface area contributed by atoms with E-state index in [2.05, 4.69) is 6.58 Å². The summed E-state index contributed by atoms with van der Waals surface area (Å²) in [4.78, 5) is 10.9. The first-order valence-corrected chi connectivity index (χ1v) is 3.99. The quantitative estimate of drug-likeness (QED) is 0.499. The van der Waals surface area contributed by atoms with Crippen molar-refractivity contribution in [1.82, 2.24) is 0 Å². The number of carbonyl (C=O) groups excluding carboxylic acids is 1. The molecule has 3 heteroatoms. The number of aliphatic hydroxyl groups is 1. The number of hydrogen-bond donors (Lipinski definition) is 1. The molecule has 0 aromatic rings. The van der Waals surface area contributed by atoms with Crippen LogP contribution in [0.2, 0.25) is 0 Å². The third-order valence-corrected chi connectivity index (χ3v) is 1.45. The van der Waals surface area contributed by atoms with E-state index in [0.29, 0.717) is 13.0 Å². The average Bonchev–Trinajstić information content (AvgIpc) is 2.02. The first-order valence-electron chi connectivity index (χ1n) is 3.99. The second kappa shape index (κ2) is 5.77. The van der Waals surface area contributed by atoms with Crippen molar-refractivity contribution in [3.8, 4) is 0 Å². The van der Waals surface area contributed by atoms with Crippen LogP contribution < -0.4 is 0 Å². The van der Waals surface area contributed by atoms with E-state index in [1.165, 1.54) is 0 Å². The highest BCUT2D eigenvalue weighted by atomic mass is 16.5. The molecule has 0 amide bonds. The summed E-state index contributed by atoms with van der Waals surface area (Å²) in [7, 11) is 0. The summed E-state index contributed by atoms with van der Waals surface area (Å²) in [5, 5.41) is 8.60. The lowest BCUT2D eigenvalue weighted by Gasteiger charge is -2.07. The van der Waals surface area contributed by atoms with Crippen LogP contribution in [0.25, 0.3) is 0 Å². The van der Waals surface area contributed by atoms with E-state index in [-0.39, 0.29) is 12.6 Å². The normalized spacial score (nSPS) is 12.2. The van der Waals surface area contributed by atoms with Crippen LogP contribution in [-0.2, 0) is 9.53 Å². The van der Waals surface area contributed by atoms with Crippen LogP contribution in [0.15, 0.2) is 12.2 Å². The largest absolute Gasteiger partial charge is 0.465 e. The molecular weight excluding hydrogens is 156 g/mol. The Balaban J connectivity index is 3.50. The maximum atomic E-state index is 10.9. The van der Waals surface area contributed by atoms with Crippen LogP contribution >= 0.6 is 0 Å². The molecular formula is C9H16O3. The van der Waals surface area contributed by atoms with Crippen LogP contribution in [0.1, 0.15) is 20.3 Å². The van der Waals surface area contributed by atoms with Gasteiger partial charge in [0.2, 0.25) is 0 Å². The molecule has 12 heavy (non-hydrogen) atoms. The molecule has 0 aromatic heterocycles. The Morgan fingerprint density at radius 2 is 2.25 bits per heavy atom. The van der Waals surface area contributed by atoms with Crippen molar-refractivity contribution < 1.29 is 14.6 Å². The summed E-state index contributed by atoms with van der Waals surface area (Å²) in [5.74, 6) is -0.770. The third kappa shape index (κ3) is 4.91. The average molecular weight is 172 g/mol. The number of hydrogen-bond acceptors (Lipinski definition) is 3. The summed E-state index contributed by atoms with van der Waals surface area (Å²) in [5.41, 5.74) is 0.986. The van der Waals surface area contributed by atoms with E-state index in [0.717, 1.165) is 5.57 Å². The number of rotatable bonds is 5. The lowest BCUT2D eigenvalue weighted by Crippen LogP contribution is -2.18. The molecule has 0 fully saturated rings. The molecule has 1 N–H and O–H groups in total. The van der Waals surface area contributed by atoms with Crippen LogP contribution in [0, 0.1) is 5.92 Å². The van der Waals surface area contributed by atoms with E-state index in [4.69, 9.17) is 9.84 Å². The molecule has 0 aliphatic heterocycles. The van der Waals surface area contributed by atoms with Gasteiger partial charge < -0.3 is 9.84 Å².